The summed E-state index contributed by atoms with van der Waals surface area (Å²) in [6, 6.07) is 7.96. The number of hydrogen-bond donors (Lipinski definition) is 2. The van der Waals surface area contributed by atoms with Crippen molar-refractivity contribution in [2.45, 2.75) is 25.8 Å². The Morgan fingerprint density at radius 3 is 2.67 bits per heavy atom. The van der Waals surface area contributed by atoms with Crippen LogP contribution in [0.5, 0.6) is 0 Å². The second-order valence-electron chi connectivity index (χ2n) is 3.88. The van der Waals surface area contributed by atoms with Crippen LogP contribution in [0.2, 0.25) is 0 Å². The van der Waals surface area contributed by atoms with Crippen LogP contribution in [-0.2, 0) is 6.54 Å². The van der Waals surface area contributed by atoms with Crippen LogP contribution in [-0.4, -0.2) is 12.4 Å². The van der Waals surface area contributed by atoms with Crippen LogP contribution in [0, 0.1) is 0 Å². The molecule has 0 unspecified atom stereocenters. The summed E-state index contributed by atoms with van der Waals surface area (Å²) in [6.07, 6.45) is 3.58. The number of hydrogen-bond acceptors (Lipinski definition) is 3. The van der Waals surface area contributed by atoms with E-state index in [1.54, 1.807) is 0 Å². The second-order valence-corrected chi connectivity index (χ2v) is 3.88. The molecule has 0 saturated heterocycles. The van der Waals surface area contributed by atoms with Crippen LogP contribution in [0.25, 0.3) is 0 Å². The largest absolute Gasteiger partial charge is 0.399 e. The molecular weight excluding hydrogens is 186 g/mol. The number of nitrogens with two attached hydrogens (primary N) is 1. The maximum absolute atomic E-state index is 5.62. The Morgan fingerprint density at radius 1 is 1.20 bits per heavy atom. The molecule has 1 aromatic carbocycles. The van der Waals surface area contributed by atoms with Crippen molar-refractivity contribution in [1.82, 2.24) is 5.32 Å². The maximum Gasteiger partial charge on any atom is 0.0965 e. The average Bonchev–Trinajstić information content (AvgIpc) is 2.30. The minimum atomic E-state index is 0.814. The van der Waals surface area contributed by atoms with Gasteiger partial charge in [-0.05, 0) is 30.5 Å². The molecule has 0 fully saturated rings. The number of nitrogens with zero attached hydrogens (tertiary/aromatic N) is 1. The van der Waals surface area contributed by atoms with Gasteiger partial charge in [0.2, 0.25) is 0 Å². The minimum absolute atomic E-state index is 0.814. The van der Waals surface area contributed by atoms with Gasteiger partial charge in [0.15, 0.2) is 0 Å². The number of benzene rings is 1. The summed E-state index contributed by atoms with van der Waals surface area (Å²) in [5, 5.41) is 3.37. The highest BCUT2D eigenvalue weighted by atomic mass is 15.0. The van der Waals surface area contributed by atoms with E-state index in [4.69, 9.17) is 5.73 Å². The first-order valence-electron chi connectivity index (χ1n) is 5.46. The fraction of sp³-hybridized carbons (Fsp3) is 0.417. The first kappa shape index (κ1) is 10.0. The van der Waals surface area contributed by atoms with Crippen LogP contribution >= 0.6 is 0 Å². The summed E-state index contributed by atoms with van der Waals surface area (Å²) in [4.78, 5) is 4.44. The van der Waals surface area contributed by atoms with E-state index in [1.165, 1.54) is 18.4 Å². The molecule has 0 radical (unpaired) electrons. The summed E-state index contributed by atoms with van der Waals surface area (Å²) in [5.74, 6) is 1.15. The predicted molar refractivity (Wildman–Crippen MR) is 63.8 cm³/mol. The van der Waals surface area contributed by atoms with E-state index in [9.17, 15) is 0 Å². The van der Waals surface area contributed by atoms with Crippen molar-refractivity contribution in [2.75, 3.05) is 12.3 Å². The zero-order valence-corrected chi connectivity index (χ0v) is 8.87. The van der Waals surface area contributed by atoms with Gasteiger partial charge in [-0.3, -0.25) is 4.99 Å². The van der Waals surface area contributed by atoms with Gasteiger partial charge in [-0.1, -0.05) is 12.1 Å². The molecule has 2 rings (SSSR count). The number of amidine groups is 1. The highest BCUT2D eigenvalue weighted by Gasteiger charge is 2.03. The molecule has 80 valence electrons. The van der Waals surface area contributed by atoms with E-state index in [0.29, 0.717) is 0 Å². The number of rotatable bonds is 2. The lowest BCUT2D eigenvalue weighted by Crippen LogP contribution is -2.25. The molecular formula is C12H17N3. The lowest BCUT2D eigenvalue weighted by atomic mass is 10.1. The summed E-state index contributed by atoms with van der Waals surface area (Å²) in [5.41, 5.74) is 7.68. The Balaban J connectivity index is 1.87. The van der Waals surface area contributed by atoms with Crippen LogP contribution in [0.3, 0.4) is 0 Å². The fourth-order valence-electron chi connectivity index (χ4n) is 1.68. The second kappa shape index (κ2) is 4.82. The number of nitrogens with one attached hydrogen (secondary N) is 1. The molecule has 1 aliphatic heterocycles. The topological polar surface area (TPSA) is 50.4 Å². The molecule has 15 heavy (non-hydrogen) atoms. The Hall–Kier alpha value is -1.51. The molecule has 0 amide bonds. The standard InChI is InChI=1S/C12H17N3/c13-11-6-4-10(5-7-11)9-15-12-3-1-2-8-14-12/h4-7H,1-3,8-9,13H2,(H,14,15). The van der Waals surface area contributed by atoms with Gasteiger partial charge in [0.1, 0.15) is 0 Å². The molecule has 0 aliphatic carbocycles. The first-order valence-corrected chi connectivity index (χ1v) is 5.46. The van der Waals surface area contributed by atoms with Crippen molar-refractivity contribution >= 4 is 11.5 Å². The monoisotopic (exact) mass is 203 g/mol. The molecule has 0 bridgehead atoms. The third-order valence-electron chi connectivity index (χ3n) is 2.60. The van der Waals surface area contributed by atoms with Gasteiger partial charge in [0.05, 0.1) is 5.84 Å². The Bertz CT molecular complexity index is 340. The lowest BCUT2D eigenvalue weighted by molar-refractivity contribution is 0.706. The van der Waals surface area contributed by atoms with Crippen molar-refractivity contribution in [2.24, 2.45) is 4.99 Å². The van der Waals surface area contributed by atoms with Crippen molar-refractivity contribution in [3.63, 3.8) is 0 Å². The molecule has 0 saturated carbocycles. The van der Waals surface area contributed by atoms with Gasteiger partial charge in [-0.15, -0.1) is 0 Å². The predicted octanol–water partition coefficient (Wildman–Crippen LogP) is 1.94. The van der Waals surface area contributed by atoms with Gasteiger partial charge in [0, 0.05) is 25.2 Å². The normalized spacial score (nSPS) is 15.9. The number of nitrogen functional groups attached to an aromatic ring is 1. The Labute approximate surface area is 90.4 Å². The lowest BCUT2D eigenvalue weighted by Gasteiger charge is -2.13. The van der Waals surface area contributed by atoms with E-state index < -0.39 is 0 Å². The molecule has 1 heterocycles. The highest BCUT2D eigenvalue weighted by molar-refractivity contribution is 5.82. The molecule has 1 aromatic rings. The van der Waals surface area contributed by atoms with Crippen LogP contribution in [0.4, 0.5) is 5.69 Å². The van der Waals surface area contributed by atoms with E-state index in [1.807, 2.05) is 24.3 Å². The highest BCUT2D eigenvalue weighted by Crippen LogP contribution is 2.07. The zero-order chi connectivity index (χ0) is 10.5. The smallest absolute Gasteiger partial charge is 0.0965 e. The SMILES string of the molecule is Nc1ccc(CNC2=NCCCC2)cc1. The van der Waals surface area contributed by atoms with Crippen molar-refractivity contribution in [3.05, 3.63) is 29.8 Å². The van der Waals surface area contributed by atoms with E-state index in [0.717, 1.165) is 31.0 Å². The molecule has 3 N–H and O–H groups in total. The van der Waals surface area contributed by atoms with E-state index in [-0.39, 0.29) is 0 Å². The number of anilines is 1. The molecule has 3 nitrogen and oxygen atoms in total. The van der Waals surface area contributed by atoms with Crippen molar-refractivity contribution in [3.8, 4) is 0 Å². The third-order valence-corrected chi connectivity index (χ3v) is 2.60. The van der Waals surface area contributed by atoms with Crippen LogP contribution in [0.15, 0.2) is 29.3 Å². The van der Waals surface area contributed by atoms with Crippen LogP contribution in [0.1, 0.15) is 24.8 Å². The van der Waals surface area contributed by atoms with Crippen molar-refractivity contribution in [1.29, 1.82) is 0 Å². The van der Waals surface area contributed by atoms with Gasteiger partial charge < -0.3 is 11.1 Å². The van der Waals surface area contributed by atoms with E-state index >= 15 is 0 Å². The maximum atomic E-state index is 5.62. The Kier molecular flexibility index (Phi) is 3.22. The summed E-state index contributed by atoms with van der Waals surface area (Å²) < 4.78 is 0. The summed E-state index contributed by atoms with van der Waals surface area (Å²) >= 11 is 0. The van der Waals surface area contributed by atoms with Crippen LogP contribution < -0.4 is 11.1 Å². The van der Waals surface area contributed by atoms with Gasteiger partial charge in [-0.2, -0.15) is 0 Å². The van der Waals surface area contributed by atoms with E-state index in [2.05, 4.69) is 10.3 Å². The van der Waals surface area contributed by atoms with Gasteiger partial charge >= 0.3 is 0 Å². The van der Waals surface area contributed by atoms with Gasteiger partial charge in [0.25, 0.3) is 0 Å². The molecule has 0 spiro atoms. The third kappa shape index (κ3) is 2.98. The first-order chi connectivity index (χ1) is 7.34. The Morgan fingerprint density at radius 2 is 2.00 bits per heavy atom. The fourth-order valence-corrected chi connectivity index (χ4v) is 1.68. The van der Waals surface area contributed by atoms with Crippen molar-refractivity contribution < 1.29 is 0 Å². The minimum Gasteiger partial charge on any atom is -0.399 e. The summed E-state index contributed by atoms with van der Waals surface area (Å²) in [7, 11) is 0. The molecule has 0 aromatic heterocycles. The summed E-state index contributed by atoms with van der Waals surface area (Å²) in [6.45, 7) is 1.82. The molecule has 3 heteroatoms. The zero-order valence-electron chi connectivity index (χ0n) is 8.87. The van der Waals surface area contributed by atoms with Gasteiger partial charge in [-0.25, -0.2) is 0 Å². The molecule has 0 atom stereocenters. The average molecular weight is 203 g/mol. The quantitative estimate of drug-likeness (QED) is 0.722. The molecule has 1 aliphatic rings. The number of aliphatic imine (C=N–C) groups is 1.